The lowest BCUT2D eigenvalue weighted by molar-refractivity contribution is 0.428. The van der Waals surface area contributed by atoms with Gasteiger partial charge in [0, 0.05) is 18.3 Å². The first kappa shape index (κ1) is 17.2. The quantitative estimate of drug-likeness (QED) is 0.587. The summed E-state index contributed by atoms with van der Waals surface area (Å²) in [6.07, 6.45) is 4.70. The van der Waals surface area contributed by atoms with Gasteiger partial charge >= 0.3 is 0 Å². The second-order valence-corrected chi connectivity index (χ2v) is 6.00. The van der Waals surface area contributed by atoms with Crippen LogP contribution in [0.1, 0.15) is 52.8 Å². The van der Waals surface area contributed by atoms with E-state index in [1.165, 1.54) is 0 Å². The van der Waals surface area contributed by atoms with Gasteiger partial charge in [-0.3, -0.25) is 4.98 Å². The van der Waals surface area contributed by atoms with E-state index in [0.717, 1.165) is 34.5 Å². The Morgan fingerprint density at radius 1 is 0.957 bits per heavy atom. The molecule has 0 bridgehead atoms. The SMILES string of the molecule is CC.CC(C)CC(C)c1nc2cc(-c3ccncc3)ccc2o1. The minimum Gasteiger partial charge on any atom is -0.440 e. The standard InChI is InChI=1S/C18H20N2O.C2H6/c1-12(2)10-13(3)18-20-16-11-15(4-5-17(16)21-18)14-6-8-19-9-7-14;1-2/h4-9,11-13H,10H2,1-3H3;1-2H3. The number of rotatable bonds is 4. The van der Waals surface area contributed by atoms with E-state index in [4.69, 9.17) is 4.42 Å². The van der Waals surface area contributed by atoms with E-state index in [2.05, 4.69) is 42.9 Å². The molecule has 0 N–H and O–H groups in total. The number of nitrogens with zero attached hydrogens (tertiary/aromatic N) is 2. The van der Waals surface area contributed by atoms with Crippen LogP contribution < -0.4 is 0 Å². The lowest BCUT2D eigenvalue weighted by Gasteiger charge is -2.09. The second kappa shape index (κ2) is 7.91. The monoisotopic (exact) mass is 310 g/mol. The third-order valence-corrected chi connectivity index (χ3v) is 3.66. The summed E-state index contributed by atoms with van der Waals surface area (Å²) >= 11 is 0. The van der Waals surface area contributed by atoms with Crippen molar-refractivity contribution in [1.82, 2.24) is 9.97 Å². The van der Waals surface area contributed by atoms with Crippen LogP contribution in [0.4, 0.5) is 0 Å². The van der Waals surface area contributed by atoms with E-state index in [9.17, 15) is 0 Å². The number of oxazole rings is 1. The highest BCUT2D eigenvalue weighted by Gasteiger charge is 2.15. The van der Waals surface area contributed by atoms with Crippen molar-refractivity contribution in [2.45, 2.75) is 47.0 Å². The third kappa shape index (κ3) is 4.19. The fourth-order valence-corrected chi connectivity index (χ4v) is 2.69. The Hall–Kier alpha value is -2.16. The van der Waals surface area contributed by atoms with E-state index in [-0.39, 0.29) is 0 Å². The average Bonchev–Trinajstić information content (AvgIpc) is 3.00. The molecule has 2 heterocycles. The molecule has 3 nitrogen and oxygen atoms in total. The van der Waals surface area contributed by atoms with E-state index in [1.54, 1.807) is 12.4 Å². The van der Waals surface area contributed by atoms with E-state index in [0.29, 0.717) is 11.8 Å². The summed E-state index contributed by atoms with van der Waals surface area (Å²) in [7, 11) is 0. The summed E-state index contributed by atoms with van der Waals surface area (Å²) < 4.78 is 5.90. The summed E-state index contributed by atoms with van der Waals surface area (Å²) in [6.45, 7) is 10.6. The maximum Gasteiger partial charge on any atom is 0.198 e. The molecule has 1 unspecified atom stereocenters. The van der Waals surface area contributed by atoms with E-state index >= 15 is 0 Å². The van der Waals surface area contributed by atoms with E-state index in [1.807, 2.05) is 32.0 Å². The highest BCUT2D eigenvalue weighted by atomic mass is 16.3. The Morgan fingerprint density at radius 3 is 2.30 bits per heavy atom. The first-order valence-electron chi connectivity index (χ1n) is 8.44. The van der Waals surface area contributed by atoms with Gasteiger partial charge in [0.1, 0.15) is 5.52 Å². The van der Waals surface area contributed by atoms with Gasteiger partial charge in [0.05, 0.1) is 0 Å². The molecule has 0 amide bonds. The van der Waals surface area contributed by atoms with Crippen molar-refractivity contribution in [3.05, 3.63) is 48.6 Å². The molecule has 0 aliphatic carbocycles. The van der Waals surface area contributed by atoms with Crippen molar-refractivity contribution in [2.24, 2.45) is 5.92 Å². The Balaban J connectivity index is 0.000000924. The summed E-state index contributed by atoms with van der Waals surface area (Å²) in [5, 5.41) is 0. The molecular formula is C20H26N2O. The van der Waals surface area contributed by atoms with Crippen LogP contribution in [-0.2, 0) is 0 Å². The van der Waals surface area contributed by atoms with Crippen LogP contribution in [0.5, 0.6) is 0 Å². The Morgan fingerprint density at radius 2 is 1.65 bits per heavy atom. The van der Waals surface area contributed by atoms with Gasteiger partial charge in [0.15, 0.2) is 11.5 Å². The van der Waals surface area contributed by atoms with Crippen LogP contribution in [0.25, 0.3) is 22.2 Å². The van der Waals surface area contributed by atoms with Crippen molar-refractivity contribution in [3.8, 4) is 11.1 Å². The summed E-state index contributed by atoms with van der Waals surface area (Å²) in [6, 6.07) is 10.2. The maximum absolute atomic E-state index is 5.90. The third-order valence-electron chi connectivity index (χ3n) is 3.66. The largest absolute Gasteiger partial charge is 0.440 e. The van der Waals surface area contributed by atoms with Crippen LogP contribution in [0.2, 0.25) is 0 Å². The Bertz CT molecular complexity index is 732. The zero-order valence-electron chi connectivity index (χ0n) is 14.7. The zero-order valence-corrected chi connectivity index (χ0v) is 14.7. The van der Waals surface area contributed by atoms with Gasteiger partial charge in [0.25, 0.3) is 0 Å². The van der Waals surface area contributed by atoms with Crippen molar-refractivity contribution < 1.29 is 4.42 Å². The van der Waals surface area contributed by atoms with E-state index < -0.39 is 0 Å². The number of aromatic nitrogens is 2. The highest BCUT2D eigenvalue weighted by Crippen LogP contribution is 2.29. The molecule has 0 spiro atoms. The van der Waals surface area contributed by atoms with Crippen molar-refractivity contribution >= 4 is 11.1 Å². The summed E-state index contributed by atoms with van der Waals surface area (Å²) in [4.78, 5) is 8.72. The molecule has 23 heavy (non-hydrogen) atoms. The average molecular weight is 310 g/mol. The first-order chi connectivity index (χ1) is 11.1. The number of fused-ring (bicyclic) bond motifs is 1. The maximum atomic E-state index is 5.90. The van der Waals surface area contributed by atoms with Crippen molar-refractivity contribution in [3.63, 3.8) is 0 Å². The minimum absolute atomic E-state index is 0.349. The van der Waals surface area contributed by atoms with Gasteiger partial charge in [-0.25, -0.2) is 4.98 Å². The Labute approximate surface area is 138 Å². The number of hydrogen-bond donors (Lipinski definition) is 0. The molecule has 0 radical (unpaired) electrons. The van der Waals surface area contributed by atoms with Crippen molar-refractivity contribution in [2.75, 3.05) is 0 Å². The Kier molecular flexibility index (Phi) is 5.91. The molecule has 3 aromatic rings. The molecule has 3 rings (SSSR count). The zero-order chi connectivity index (χ0) is 16.8. The van der Waals surface area contributed by atoms with Gasteiger partial charge in [-0.05, 0) is 47.7 Å². The smallest absolute Gasteiger partial charge is 0.198 e. The molecule has 1 atom stereocenters. The summed E-state index contributed by atoms with van der Waals surface area (Å²) in [5.74, 6) is 1.83. The topological polar surface area (TPSA) is 38.9 Å². The van der Waals surface area contributed by atoms with Gasteiger partial charge < -0.3 is 4.42 Å². The first-order valence-corrected chi connectivity index (χ1v) is 8.44. The predicted octanol–water partition coefficient (Wildman–Crippen LogP) is 6.07. The lowest BCUT2D eigenvalue weighted by atomic mass is 9.99. The van der Waals surface area contributed by atoms with Crippen molar-refractivity contribution in [1.29, 1.82) is 0 Å². The highest BCUT2D eigenvalue weighted by molar-refractivity contribution is 5.80. The van der Waals surface area contributed by atoms with Gasteiger partial charge in [-0.15, -0.1) is 0 Å². The molecule has 0 fully saturated rings. The fourth-order valence-electron chi connectivity index (χ4n) is 2.69. The molecule has 2 aromatic heterocycles. The molecule has 0 saturated carbocycles. The summed E-state index contributed by atoms with van der Waals surface area (Å²) in [5.41, 5.74) is 4.07. The number of hydrogen-bond acceptors (Lipinski definition) is 3. The second-order valence-electron chi connectivity index (χ2n) is 6.00. The number of benzene rings is 1. The van der Waals surface area contributed by atoms with Crippen LogP contribution in [0, 0.1) is 5.92 Å². The molecule has 122 valence electrons. The molecule has 3 heteroatoms. The molecule has 0 aliphatic heterocycles. The van der Waals surface area contributed by atoms with Gasteiger partial charge in [-0.2, -0.15) is 0 Å². The van der Waals surface area contributed by atoms with Gasteiger partial charge in [0.2, 0.25) is 0 Å². The van der Waals surface area contributed by atoms with Crippen LogP contribution in [-0.4, -0.2) is 9.97 Å². The predicted molar refractivity (Wildman–Crippen MR) is 96.5 cm³/mol. The van der Waals surface area contributed by atoms with Crippen LogP contribution in [0.15, 0.2) is 47.1 Å². The van der Waals surface area contributed by atoms with Crippen LogP contribution >= 0.6 is 0 Å². The number of pyridine rings is 1. The lowest BCUT2D eigenvalue weighted by Crippen LogP contribution is -1.98. The molecular weight excluding hydrogens is 284 g/mol. The normalized spacial score (nSPS) is 12.1. The molecule has 0 saturated heterocycles. The molecule has 0 aliphatic rings. The fraction of sp³-hybridized carbons (Fsp3) is 0.400. The molecule has 1 aromatic carbocycles. The minimum atomic E-state index is 0.349. The van der Waals surface area contributed by atoms with Crippen LogP contribution in [0.3, 0.4) is 0 Å². The van der Waals surface area contributed by atoms with Gasteiger partial charge in [-0.1, -0.05) is 40.7 Å².